The van der Waals surface area contributed by atoms with Gasteiger partial charge >= 0.3 is 6.18 Å². The summed E-state index contributed by atoms with van der Waals surface area (Å²) < 4.78 is 38.3. The Hall–Kier alpha value is -1.41. The Morgan fingerprint density at radius 3 is 2.58 bits per heavy atom. The predicted molar refractivity (Wildman–Crippen MR) is 88.1 cm³/mol. The highest BCUT2D eigenvalue weighted by atomic mass is 35.5. The minimum atomic E-state index is -4.55. The van der Waals surface area contributed by atoms with Crippen LogP contribution in [0.2, 0.25) is 5.02 Å². The van der Waals surface area contributed by atoms with E-state index in [1.54, 1.807) is 0 Å². The van der Waals surface area contributed by atoms with Crippen LogP contribution in [0.5, 0.6) is 0 Å². The van der Waals surface area contributed by atoms with Crippen LogP contribution in [0.4, 0.5) is 13.2 Å². The summed E-state index contributed by atoms with van der Waals surface area (Å²) in [5.74, 6) is -0.853. The van der Waals surface area contributed by atoms with E-state index in [2.05, 4.69) is 10.6 Å². The highest BCUT2D eigenvalue weighted by molar-refractivity contribution is 8.00. The molecular weight excluding hydrogens is 365 g/mol. The number of nitrogens with one attached hydrogen (secondary N) is 2. The van der Waals surface area contributed by atoms with Gasteiger partial charge in [-0.2, -0.15) is 13.2 Å². The average Bonchev–Trinajstić information content (AvgIpc) is 2.50. The van der Waals surface area contributed by atoms with E-state index < -0.39 is 28.7 Å². The molecule has 2 amide bonds. The quantitative estimate of drug-likeness (QED) is 0.710. The first-order chi connectivity index (χ1) is 11.1. The number of hydrogen-bond acceptors (Lipinski definition) is 3. The van der Waals surface area contributed by atoms with Crippen molar-refractivity contribution in [3.8, 4) is 0 Å². The Kier molecular flexibility index (Phi) is 7.89. The molecule has 0 unspecified atom stereocenters. The number of benzene rings is 1. The minimum Gasteiger partial charge on any atom is -0.354 e. The Morgan fingerprint density at radius 2 is 2.00 bits per heavy atom. The van der Waals surface area contributed by atoms with Crippen LogP contribution >= 0.6 is 23.4 Å². The second-order valence-corrected chi connectivity index (χ2v) is 6.46. The molecule has 4 nitrogen and oxygen atoms in total. The zero-order valence-electron chi connectivity index (χ0n) is 13.2. The van der Waals surface area contributed by atoms with Crippen LogP contribution in [0.15, 0.2) is 23.1 Å². The molecular formula is C15H18ClF3N2O2S. The SMILES string of the molecule is CCCNC(=O)[C@H](C)NC(=O)CSc1ccc(Cl)c(C(F)(F)F)c1. The van der Waals surface area contributed by atoms with Crippen molar-refractivity contribution in [2.45, 2.75) is 37.4 Å². The van der Waals surface area contributed by atoms with Crippen molar-refractivity contribution in [2.75, 3.05) is 12.3 Å². The van der Waals surface area contributed by atoms with Crippen molar-refractivity contribution < 1.29 is 22.8 Å². The molecule has 1 rings (SSSR count). The van der Waals surface area contributed by atoms with Crippen molar-refractivity contribution in [3.63, 3.8) is 0 Å². The molecule has 0 saturated carbocycles. The lowest BCUT2D eigenvalue weighted by Crippen LogP contribution is -2.45. The van der Waals surface area contributed by atoms with Crippen LogP contribution in [0.25, 0.3) is 0 Å². The molecule has 1 atom stereocenters. The lowest BCUT2D eigenvalue weighted by molar-refractivity contribution is -0.137. The first-order valence-electron chi connectivity index (χ1n) is 7.21. The van der Waals surface area contributed by atoms with Crippen LogP contribution in [0.3, 0.4) is 0 Å². The summed E-state index contributed by atoms with van der Waals surface area (Å²) in [6, 6.07) is 2.75. The Bertz CT molecular complexity index is 597. The molecule has 1 aromatic carbocycles. The van der Waals surface area contributed by atoms with Crippen molar-refractivity contribution in [1.29, 1.82) is 0 Å². The number of carbonyl (C=O) groups is 2. The normalized spacial score (nSPS) is 12.6. The highest BCUT2D eigenvalue weighted by Crippen LogP contribution is 2.36. The molecule has 9 heteroatoms. The van der Waals surface area contributed by atoms with Crippen LogP contribution in [0.1, 0.15) is 25.8 Å². The third-order valence-electron chi connectivity index (χ3n) is 2.93. The van der Waals surface area contributed by atoms with E-state index in [1.807, 2.05) is 6.92 Å². The second-order valence-electron chi connectivity index (χ2n) is 5.01. The molecule has 0 aliphatic carbocycles. The summed E-state index contributed by atoms with van der Waals surface area (Å²) >= 11 is 6.47. The molecule has 0 bridgehead atoms. The fourth-order valence-electron chi connectivity index (χ4n) is 1.71. The van der Waals surface area contributed by atoms with Gasteiger partial charge in [-0.15, -0.1) is 11.8 Å². The number of halogens is 4. The van der Waals surface area contributed by atoms with Crippen molar-refractivity contribution in [1.82, 2.24) is 10.6 Å². The van der Waals surface area contributed by atoms with Crippen molar-refractivity contribution in [2.24, 2.45) is 0 Å². The Morgan fingerprint density at radius 1 is 1.33 bits per heavy atom. The number of amides is 2. The third kappa shape index (κ3) is 6.60. The maximum absolute atomic E-state index is 12.8. The summed E-state index contributed by atoms with van der Waals surface area (Å²) in [4.78, 5) is 23.7. The van der Waals surface area contributed by atoms with Crippen LogP contribution in [-0.2, 0) is 15.8 Å². The fourth-order valence-corrected chi connectivity index (χ4v) is 2.68. The van der Waals surface area contributed by atoms with E-state index >= 15 is 0 Å². The molecule has 0 fully saturated rings. The molecule has 24 heavy (non-hydrogen) atoms. The van der Waals surface area contributed by atoms with Gasteiger partial charge in [0.25, 0.3) is 0 Å². The summed E-state index contributed by atoms with van der Waals surface area (Å²) in [5.41, 5.74) is -0.943. The van der Waals surface area contributed by atoms with Crippen LogP contribution in [0, 0.1) is 0 Å². The van der Waals surface area contributed by atoms with E-state index in [0.29, 0.717) is 6.54 Å². The zero-order chi connectivity index (χ0) is 18.3. The number of thioether (sulfide) groups is 1. The van der Waals surface area contributed by atoms with E-state index in [-0.39, 0.29) is 16.6 Å². The Balaban J connectivity index is 2.57. The zero-order valence-corrected chi connectivity index (χ0v) is 14.7. The molecule has 0 aliphatic rings. The van der Waals surface area contributed by atoms with Crippen LogP contribution < -0.4 is 10.6 Å². The largest absolute Gasteiger partial charge is 0.417 e. The molecule has 0 saturated heterocycles. The number of rotatable bonds is 7. The standard InChI is InChI=1S/C15H18ClF3N2O2S/c1-3-6-20-14(23)9(2)21-13(22)8-24-10-4-5-12(16)11(7-10)15(17,18)19/h4-5,7,9H,3,6,8H2,1-2H3,(H,20,23)(H,21,22)/t9-/m0/s1. The topological polar surface area (TPSA) is 58.2 Å². The molecule has 2 N–H and O–H groups in total. The summed E-state index contributed by atoms with van der Waals surface area (Å²) in [6.45, 7) is 3.96. The minimum absolute atomic E-state index is 0.107. The first-order valence-corrected chi connectivity index (χ1v) is 8.58. The Labute approximate surface area is 147 Å². The fraction of sp³-hybridized carbons (Fsp3) is 0.467. The van der Waals surface area contributed by atoms with E-state index in [0.717, 1.165) is 30.3 Å². The molecule has 0 heterocycles. The number of hydrogen-bond donors (Lipinski definition) is 2. The predicted octanol–water partition coefficient (Wildman–Crippen LogP) is 3.48. The van der Waals surface area contributed by atoms with Gasteiger partial charge < -0.3 is 10.6 Å². The smallest absolute Gasteiger partial charge is 0.354 e. The average molecular weight is 383 g/mol. The van der Waals surface area contributed by atoms with E-state index in [4.69, 9.17) is 11.6 Å². The second kappa shape index (κ2) is 9.17. The molecule has 1 aromatic rings. The van der Waals surface area contributed by atoms with E-state index in [1.165, 1.54) is 13.0 Å². The van der Waals surface area contributed by atoms with Gasteiger partial charge in [0.05, 0.1) is 16.3 Å². The van der Waals surface area contributed by atoms with Gasteiger partial charge in [0.15, 0.2) is 0 Å². The van der Waals surface area contributed by atoms with Gasteiger partial charge in [-0.1, -0.05) is 18.5 Å². The lowest BCUT2D eigenvalue weighted by Gasteiger charge is -2.14. The highest BCUT2D eigenvalue weighted by Gasteiger charge is 2.33. The lowest BCUT2D eigenvalue weighted by atomic mass is 10.2. The molecule has 134 valence electrons. The third-order valence-corrected chi connectivity index (χ3v) is 4.26. The van der Waals surface area contributed by atoms with Gasteiger partial charge in [0.2, 0.25) is 11.8 Å². The molecule has 0 spiro atoms. The number of alkyl halides is 3. The molecule has 0 aromatic heterocycles. The summed E-state index contributed by atoms with van der Waals surface area (Å²) in [6.07, 6.45) is -3.78. The maximum atomic E-state index is 12.8. The van der Waals surface area contributed by atoms with Gasteiger partial charge in [0, 0.05) is 11.4 Å². The first kappa shape index (κ1) is 20.6. The maximum Gasteiger partial charge on any atom is 0.417 e. The molecule has 0 aliphatic heterocycles. The van der Waals surface area contributed by atoms with Gasteiger partial charge in [-0.3, -0.25) is 9.59 Å². The van der Waals surface area contributed by atoms with Crippen molar-refractivity contribution in [3.05, 3.63) is 28.8 Å². The van der Waals surface area contributed by atoms with Crippen molar-refractivity contribution >= 4 is 35.2 Å². The van der Waals surface area contributed by atoms with Crippen LogP contribution in [-0.4, -0.2) is 30.2 Å². The van der Waals surface area contributed by atoms with E-state index in [9.17, 15) is 22.8 Å². The summed E-state index contributed by atoms with van der Waals surface area (Å²) in [5, 5.41) is 4.75. The van der Waals surface area contributed by atoms with Gasteiger partial charge in [0.1, 0.15) is 6.04 Å². The summed E-state index contributed by atoms with van der Waals surface area (Å²) in [7, 11) is 0. The number of carbonyl (C=O) groups excluding carboxylic acids is 2. The molecule has 0 radical (unpaired) electrons. The monoisotopic (exact) mass is 382 g/mol. The van der Waals surface area contributed by atoms with Gasteiger partial charge in [-0.05, 0) is 31.5 Å². The van der Waals surface area contributed by atoms with Gasteiger partial charge in [-0.25, -0.2) is 0 Å².